The van der Waals surface area contributed by atoms with Gasteiger partial charge in [0.2, 0.25) is 0 Å². The van der Waals surface area contributed by atoms with E-state index in [1.54, 1.807) is 31.9 Å². The van der Waals surface area contributed by atoms with Crippen LogP contribution in [-0.2, 0) is 19.7 Å². The van der Waals surface area contributed by atoms with Crippen LogP contribution in [0.5, 0.6) is 0 Å². The molecule has 0 radical (unpaired) electrons. The Labute approximate surface area is 275 Å². The quantitative estimate of drug-likeness (QED) is 0.112. The summed E-state index contributed by atoms with van der Waals surface area (Å²) < 4.78 is 5.76. The molecule has 0 spiro atoms. The molecule has 0 aliphatic carbocycles. The molecule has 1 atom stereocenters. The minimum atomic E-state index is -1.19. The van der Waals surface area contributed by atoms with Crippen molar-refractivity contribution >= 4 is 30.0 Å². The molecule has 2 aliphatic heterocycles. The van der Waals surface area contributed by atoms with Gasteiger partial charge in [-0.05, 0) is 62.9 Å². The lowest BCUT2D eigenvalue weighted by molar-refractivity contribution is -0.384. The van der Waals surface area contributed by atoms with E-state index in [2.05, 4.69) is 53.4 Å². The second-order valence-electron chi connectivity index (χ2n) is 11.8. The predicted molar refractivity (Wildman–Crippen MR) is 179 cm³/mol. The van der Waals surface area contributed by atoms with Crippen LogP contribution in [0, 0.1) is 10.1 Å². The Bertz CT molecular complexity index is 1590. The van der Waals surface area contributed by atoms with Crippen molar-refractivity contribution in [3.8, 4) is 0 Å². The first kappa shape index (κ1) is 34.4. The fourth-order valence-electron chi connectivity index (χ4n) is 6.82. The monoisotopic (exact) mass is 645 g/mol. The molecular formula is C36H40ClN3O6. The van der Waals surface area contributed by atoms with Gasteiger partial charge in [0, 0.05) is 42.5 Å². The molecule has 10 heteroatoms. The van der Waals surface area contributed by atoms with Crippen LogP contribution in [0.25, 0.3) is 0 Å². The van der Waals surface area contributed by atoms with Crippen molar-refractivity contribution < 1.29 is 24.4 Å². The molecule has 1 saturated heterocycles. The minimum Gasteiger partial charge on any atom is -0.478 e. The first-order chi connectivity index (χ1) is 21.6. The zero-order chi connectivity index (χ0) is 32.1. The number of piperidine rings is 1. The van der Waals surface area contributed by atoms with Gasteiger partial charge in [-0.3, -0.25) is 10.1 Å². The third-order valence-corrected chi connectivity index (χ3v) is 9.44. The Kier molecular flexibility index (Phi) is 11.0. The Morgan fingerprint density at radius 3 is 2.02 bits per heavy atom. The van der Waals surface area contributed by atoms with Crippen molar-refractivity contribution in [2.24, 2.45) is 0 Å². The predicted octanol–water partition coefficient (Wildman–Crippen LogP) is 6.69. The van der Waals surface area contributed by atoms with Gasteiger partial charge < -0.3 is 19.6 Å². The molecule has 0 bridgehead atoms. The standard InChI is InChI=1S/C36H39N3O6.ClH/c1-25-31(34(40)41)33(27-12-10-17-30(24-27)39(43)44)32(26(2)37(25)3)35(42)45-23-11-20-38-21-18-36(19-22-38,28-13-6-4-7-14-28)29-15-8-5-9-16-29;/h4-10,12-17,24,33H,11,18-23H2,1-3H3,(H,40,41);1H. The normalized spacial score (nSPS) is 18.2. The lowest BCUT2D eigenvalue weighted by atomic mass is 9.68. The third kappa shape index (κ3) is 6.85. The number of likely N-dealkylation sites (tertiary alicyclic amines) is 1. The number of hydrogen-bond donors (Lipinski definition) is 1. The Morgan fingerprint density at radius 1 is 0.913 bits per heavy atom. The summed E-state index contributed by atoms with van der Waals surface area (Å²) in [5.74, 6) is -2.81. The van der Waals surface area contributed by atoms with Crippen LogP contribution in [0.3, 0.4) is 0 Å². The maximum atomic E-state index is 13.6. The zero-order valence-corrected chi connectivity index (χ0v) is 27.2. The number of esters is 1. The molecule has 0 aromatic heterocycles. The van der Waals surface area contributed by atoms with Gasteiger partial charge in [0.25, 0.3) is 5.69 Å². The van der Waals surface area contributed by atoms with Gasteiger partial charge in [-0.15, -0.1) is 12.4 Å². The number of rotatable bonds is 10. The van der Waals surface area contributed by atoms with E-state index in [1.165, 1.54) is 29.3 Å². The number of halogens is 1. The van der Waals surface area contributed by atoms with Crippen LogP contribution >= 0.6 is 12.4 Å². The van der Waals surface area contributed by atoms with Crippen LogP contribution in [0.15, 0.2) is 107 Å². The van der Waals surface area contributed by atoms with E-state index in [4.69, 9.17) is 4.74 Å². The second kappa shape index (κ2) is 14.7. The number of hydrogen-bond acceptors (Lipinski definition) is 7. The van der Waals surface area contributed by atoms with Gasteiger partial charge in [0.1, 0.15) is 0 Å². The van der Waals surface area contributed by atoms with Gasteiger partial charge in [-0.25, -0.2) is 9.59 Å². The second-order valence-corrected chi connectivity index (χ2v) is 11.8. The summed E-state index contributed by atoms with van der Waals surface area (Å²) in [6, 6.07) is 27.1. The van der Waals surface area contributed by atoms with Crippen LogP contribution in [-0.4, -0.2) is 65.1 Å². The van der Waals surface area contributed by atoms with Crippen LogP contribution in [0.1, 0.15) is 55.7 Å². The number of aliphatic carboxylic acids is 1. The van der Waals surface area contributed by atoms with Crippen LogP contribution < -0.4 is 0 Å². The van der Waals surface area contributed by atoms with E-state index in [0.717, 1.165) is 32.5 Å². The first-order valence-electron chi connectivity index (χ1n) is 15.3. The van der Waals surface area contributed by atoms with E-state index >= 15 is 0 Å². The number of nitrogens with zero attached hydrogens (tertiary/aromatic N) is 3. The molecule has 1 unspecified atom stereocenters. The average Bonchev–Trinajstić information content (AvgIpc) is 3.06. The minimum absolute atomic E-state index is 0. The summed E-state index contributed by atoms with van der Waals surface area (Å²) in [6.45, 7) is 6.16. The Balaban J connectivity index is 0.00000480. The van der Waals surface area contributed by atoms with Gasteiger partial charge in [0.05, 0.1) is 28.6 Å². The molecule has 0 amide bonds. The lowest BCUT2D eigenvalue weighted by Crippen LogP contribution is -2.43. The molecule has 2 heterocycles. The Hall–Kier alpha value is -4.47. The van der Waals surface area contributed by atoms with Crippen molar-refractivity contribution in [1.29, 1.82) is 0 Å². The van der Waals surface area contributed by atoms with Crippen LogP contribution in [0.2, 0.25) is 0 Å². The summed E-state index contributed by atoms with van der Waals surface area (Å²) in [4.78, 5) is 41.1. The number of carbonyl (C=O) groups excluding carboxylic acids is 1. The third-order valence-electron chi connectivity index (χ3n) is 9.44. The maximum Gasteiger partial charge on any atom is 0.336 e. The number of nitro groups is 1. The largest absolute Gasteiger partial charge is 0.478 e. The first-order valence-corrected chi connectivity index (χ1v) is 15.3. The highest BCUT2D eigenvalue weighted by Crippen LogP contribution is 2.43. The molecule has 3 aromatic carbocycles. The van der Waals surface area contributed by atoms with Crippen molar-refractivity contribution in [2.45, 2.75) is 44.4 Å². The lowest BCUT2D eigenvalue weighted by Gasteiger charge is -2.43. The van der Waals surface area contributed by atoms with Crippen molar-refractivity contribution in [3.63, 3.8) is 0 Å². The van der Waals surface area contributed by atoms with E-state index in [9.17, 15) is 24.8 Å². The van der Waals surface area contributed by atoms with Gasteiger partial charge in [0.15, 0.2) is 0 Å². The van der Waals surface area contributed by atoms with Gasteiger partial charge >= 0.3 is 11.9 Å². The molecule has 242 valence electrons. The number of ether oxygens (including phenoxy) is 1. The van der Waals surface area contributed by atoms with E-state index < -0.39 is 22.8 Å². The molecule has 9 nitrogen and oxygen atoms in total. The molecular weight excluding hydrogens is 606 g/mol. The van der Waals surface area contributed by atoms with Gasteiger partial charge in [-0.2, -0.15) is 0 Å². The highest BCUT2D eigenvalue weighted by Gasteiger charge is 2.40. The fourth-order valence-corrected chi connectivity index (χ4v) is 6.82. The summed E-state index contributed by atoms with van der Waals surface area (Å²) >= 11 is 0. The summed E-state index contributed by atoms with van der Waals surface area (Å²) in [6.07, 6.45) is 2.58. The zero-order valence-electron chi connectivity index (χ0n) is 26.3. The molecule has 0 saturated carbocycles. The number of carboxylic acids is 1. The molecule has 2 aliphatic rings. The number of carboxylic acid groups (broad SMARTS) is 1. The topological polar surface area (TPSA) is 113 Å². The highest BCUT2D eigenvalue weighted by atomic mass is 35.5. The van der Waals surface area contributed by atoms with Crippen molar-refractivity contribution in [1.82, 2.24) is 9.80 Å². The van der Waals surface area contributed by atoms with E-state index in [-0.39, 0.29) is 41.3 Å². The number of carbonyl (C=O) groups is 2. The molecule has 1 fully saturated rings. The fraction of sp³-hybridized carbons (Fsp3) is 0.333. The molecule has 1 N–H and O–H groups in total. The maximum absolute atomic E-state index is 13.6. The molecule has 5 rings (SSSR count). The summed E-state index contributed by atoms with van der Waals surface area (Å²) in [5.41, 5.74) is 3.96. The summed E-state index contributed by atoms with van der Waals surface area (Å²) in [7, 11) is 1.70. The smallest absolute Gasteiger partial charge is 0.336 e. The van der Waals surface area contributed by atoms with E-state index in [1.807, 2.05) is 12.1 Å². The summed E-state index contributed by atoms with van der Waals surface area (Å²) in [5, 5.41) is 21.7. The van der Waals surface area contributed by atoms with Gasteiger partial charge in [-0.1, -0.05) is 72.8 Å². The number of allylic oxidation sites excluding steroid dienone is 2. The number of benzene rings is 3. The van der Waals surface area contributed by atoms with Crippen molar-refractivity contribution in [2.75, 3.05) is 33.3 Å². The van der Waals surface area contributed by atoms with Crippen molar-refractivity contribution in [3.05, 3.63) is 134 Å². The Morgan fingerprint density at radius 2 is 1.48 bits per heavy atom. The number of nitro benzene ring substituents is 1. The molecule has 3 aromatic rings. The van der Waals surface area contributed by atoms with E-state index in [0.29, 0.717) is 23.4 Å². The SMILES string of the molecule is CC1=C(C(=O)O)C(c2cccc([N+](=O)[O-])c2)C(C(=O)OCCCN2CCC(c3ccccc3)(c3ccccc3)CC2)=C(C)N1C.Cl. The molecule has 46 heavy (non-hydrogen) atoms. The van der Waals surface area contributed by atoms with Crippen LogP contribution in [0.4, 0.5) is 5.69 Å². The number of non-ortho nitro benzene ring substituents is 1. The average molecular weight is 646 g/mol. The highest BCUT2D eigenvalue weighted by molar-refractivity contribution is 5.99.